The highest BCUT2D eigenvalue weighted by Gasteiger charge is 2.36. The van der Waals surface area contributed by atoms with Gasteiger partial charge in [-0.25, -0.2) is 0 Å². The molecule has 1 aliphatic heterocycles. The van der Waals surface area contributed by atoms with E-state index in [2.05, 4.69) is 23.9 Å². The molecule has 5 nitrogen and oxygen atoms in total. The maximum Gasteiger partial charge on any atom is 0.224 e. The first kappa shape index (κ1) is 14.8. The SMILES string of the molecule is CN(C)CCN1CCN(C(=O)CC2(N)CCC2)CC1. The van der Waals surface area contributed by atoms with E-state index in [4.69, 9.17) is 5.73 Å². The Labute approximate surface area is 116 Å². The van der Waals surface area contributed by atoms with Gasteiger partial charge in [-0.15, -0.1) is 0 Å². The van der Waals surface area contributed by atoms with Gasteiger partial charge < -0.3 is 15.5 Å². The van der Waals surface area contributed by atoms with Crippen LogP contribution in [0.5, 0.6) is 0 Å². The van der Waals surface area contributed by atoms with E-state index in [0.717, 1.165) is 52.1 Å². The Morgan fingerprint density at radius 2 is 1.84 bits per heavy atom. The van der Waals surface area contributed by atoms with Gasteiger partial charge in [0.2, 0.25) is 5.91 Å². The number of hydrogen-bond donors (Lipinski definition) is 1. The van der Waals surface area contributed by atoms with E-state index >= 15 is 0 Å². The monoisotopic (exact) mass is 268 g/mol. The smallest absolute Gasteiger partial charge is 0.224 e. The molecule has 2 fully saturated rings. The van der Waals surface area contributed by atoms with Crippen LogP contribution >= 0.6 is 0 Å². The Kier molecular flexibility index (Phi) is 4.81. The molecule has 1 aliphatic carbocycles. The molecule has 2 rings (SSSR count). The average molecular weight is 268 g/mol. The first-order chi connectivity index (χ1) is 8.98. The normalized spacial score (nSPS) is 23.5. The van der Waals surface area contributed by atoms with Crippen molar-refractivity contribution in [1.82, 2.24) is 14.7 Å². The molecule has 0 radical (unpaired) electrons. The molecule has 1 amide bonds. The summed E-state index contributed by atoms with van der Waals surface area (Å²) >= 11 is 0. The van der Waals surface area contributed by atoms with Crippen molar-refractivity contribution in [2.75, 3.05) is 53.4 Å². The summed E-state index contributed by atoms with van der Waals surface area (Å²) in [6.45, 7) is 5.90. The van der Waals surface area contributed by atoms with Gasteiger partial charge in [0, 0.05) is 51.2 Å². The van der Waals surface area contributed by atoms with Gasteiger partial charge in [-0.3, -0.25) is 9.69 Å². The maximum atomic E-state index is 12.2. The highest BCUT2D eigenvalue weighted by atomic mass is 16.2. The van der Waals surface area contributed by atoms with Gasteiger partial charge in [0.1, 0.15) is 0 Å². The van der Waals surface area contributed by atoms with Crippen LogP contribution < -0.4 is 5.73 Å². The predicted octanol–water partition coefficient (Wildman–Crippen LogP) is -0.0363. The number of carbonyl (C=O) groups is 1. The second-order valence-corrected chi connectivity index (χ2v) is 6.42. The molecule has 0 unspecified atom stereocenters. The fourth-order valence-electron chi connectivity index (χ4n) is 2.78. The molecule has 1 heterocycles. The molecule has 2 N–H and O–H groups in total. The third-order valence-electron chi connectivity index (χ3n) is 4.44. The van der Waals surface area contributed by atoms with E-state index in [1.807, 2.05) is 4.90 Å². The van der Waals surface area contributed by atoms with Gasteiger partial charge in [-0.05, 0) is 33.4 Å². The zero-order valence-electron chi connectivity index (χ0n) is 12.4. The van der Waals surface area contributed by atoms with Crippen molar-refractivity contribution < 1.29 is 4.79 Å². The van der Waals surface area contributed by atoms with Crippen molar-refractivity contribution in [2.24, 2.45) is 5.73 Å². The van der Waals surface area contributed by atoms with Crippen LogP contribution in [-0.4, -0.2) is 79.5 Å². The number of likely N-dealkylation sites (N-methyl/N-ethyl adjacent to an activating group) is 1. The van der Waals surface area contributed by atoms with Crippen LogP contribution in [0.4, 0.5) is 0 Å². The van der Waals surface area contributed by atoms with Crippen molar-refractivity contribution in [2.45, 2.75) is 31.2 Å². The highest BCUT2D eigenvalue weighted by molar-refractivity contribution is 5.77. The summed E-state index contributed by atoms with van der Waals surface area (Å²) in [6.07, 6.45) is 3.76. The minimum Gasteiger partial charge on any atom is -0.340 e. The van der Waals surface area contributed by atoms with E-state index in [0.29, 0.717) is 6.42 Å². The minimum atomic E-state index is -0.181. The Morgan fingerprint density at radius 1 is 1.21 bits per heavy atom. The molecule has 1 saturated carbocycles. The van der Waals surface area contributed by atoms with Crippen LogP contribution in [0, 0.1) is 0 Å². The average Bonchev–Trinajstić information content (AvgIpc) is 2.35. The largest absolute Gasteiger partial charge is 0.340 e. The molecule has 0 aromatic carbocycles. The second-order valence-electron chi connectivity index (χ2n) is 6.42. The predicted molar refractivity (Wildman–Crippen MR) is 77.0 cm³/mol. The van der Waals surface area contributed by atoms with Gasteiger partial charge in [-0.1, -0.05) is 0 Å². The molecule has 5 heteroatoms. The number of hydrogen-bond acceptors (Lipinski definition) is 4. The lowest BCUT2D eigenvalue weighted by Crippen LogP contribution is -2.54. The molecular formula is C14H28N4O. The zero-order chi connectivity index (χ0) is 13.9. The first-order valence-electron chi connectivity index (χ1n) is 7.42. The minimum absolute atomic E-state index is 0.181. The maximum absolute atomic E-state index is 12.2. The molecule has 0 spiro atoms. The number of carbonyl (C=O) groups excluding carboxylic acids is 1. The van der Waals surface area contributed by atoms with Gasteiger partial charge in [-0.2, -0.15) is 0 Å². The number of amides is 1. The van der Waals surface area contributed by atoms with Gasteiger partial charge in [0.25, 0.3) is 0 Å². The molecule has 0 aromatic rings. The summed E-state index contributed by atoms with van der Waals surface area (Å²) in [4.78, 5) is 18.8. The van der Waals surface area contributed by atoms with Crippen molar-refractivity contribution in [1.29, 1.82) is 0 Å². The van der Waals surface area contributed by atoms with Crippen LogP contribution in [-0.2, 0) is 4.79 Å². The van der Waals surface area contributed by atoms with Crippen molar-refractivity contribution in [3.05, 3.63) is 0 Å². The van der Waals surface area contributed by atoms with E-state index in [9.17, 15) is 4.79 Å². The van der Waals surface area contributed by atoms with Gasteiger partial charge in [0.05, 0.1) is 0 Å². The lowest BCUT2D eigenvalue weighted by atomic mass is 9.75. The number of nitrogens with two attached hydrogens (primary N) is 1. The molecule has 110 valence electrons. The third-order valence-corrected chi connectivity index (χ3v) is 4.44. The number of rotatable bonds is 5. The summed E-state index contributed by atoms with van der Waals surface area (Å²) in [6, 6.07) is 0. The van der Waals surface area contributed by atoms with Crippen LogP contribution in [0.2, 0.25) is 0 Å². The van der Waals surface area contributed by atoms with Gasteiger partial charge >= 0.3 is 0 Å². The van der Waals surface area contributed by atoms with Crippen LogP contribution in [0.3, 0.4) is 0 Å². The van der Waals surface area contributed by atoms with Crippen LogP contribution in [0.15, 0.2) is 0 Å². The van der Waals surface area contributed by atoms with E-state index in [-0.39, 0.29) is 11.4 Å². The van der Waals surface area contributed by atoms with E-state index in [1.165, 1.54) is 6.42 Å². The summed E-state index contributed by atoms with van der Waals surface area (Å²) in [7, 11) is 4.19. The molecule has 0 bridgehead atoms. The zero-order valence-corrected chi connectivity index (χ0v) is 12.4. The molecule has 2 aliphatic rings. The quantitative estimate of drug-likeness (QED) is 0.760. The van der Waals surface area contributed by atoms with Crippen LogP contribution in [0.1, 0.15) is 25.7 Å². The molecule has 1 saturated heterocycles. The van der Waals surface area contributed by atoms with Crippen molar-refractivity contribution in [3.63, 3.8) is 0 Å². The first-order valence-corrected chi connectivity index (χ1v) is 7.42. The van der Waals surface area contributed by atoms with E-state index < -0.39 is 0 Å². The molecule has 0 aromatic heterocycles. The summed E-state index contributed by atoms with van der Waals surface area (Å²) in [5.74, 6) is 0.259. The van der Waals surface area contributed by atoms with Crippen molar-refractivity contribution >= 4 is 5.91 Å². The second kappa shape index (κ2) is 6.20. The molecular weight excluding hydrogens is 240 g/mol. The summed E-state index contributed by atoms with van der Waals surface area (Å²) in [5.41, 5.74) is 5.97. The standard InChI is InChI=1S/C14H28N4O/c1-16(2)6-7-17-8-10-18(11-9-17)13(19)12-14(15)4-3-5-14/h3-12,15H2,1-2H3. The fourth-order valence-corrected chi connectivity index (χ4v) is 2.78. The molecule has 0 atom stereocenters. The fraction of sp³-hybridized carbons (Fsp3) is 0.929. The Morgan fingerprint density at radius 3 is 2.32 bits per heavy atom. The van der Waals surface area contributed by atoms with Crippen LogP contribution in [0.25, 0.3) is 0 Å². The lowest BCUT2D eigenvalue weighted by molar-refractivity contribution is -0.135. The number of nitrogens with zero attached hydrogens (tertiary/aromatic N) is 3. The summed E-state index contributed by atoms with van der Waals surface area (Å²) < 4.78 is 0. The third kappa shape index (κ3) is 4.16. The topological polar surface area (TPSA) is 52.8 Å². The Bertz CT molecular complexity index is 307. The van der Waals surface area contributed by atoms with E-state index in [1.54, 1.807) is 0 Å². The Balaban J connectivity index is 1.69. The highest BCUT2D eigenvalue weighted by Crippen LogP contribution is 2.32. The Hall–Kier alpha value is -0.650. The van der Waals surface area contributed by atoms with Crippen molar-refractivity contribution in [3.8, 4) is 0 Å². The molecule has 19 heavy (non-hydrogen) atoms. The number of piperazine rings is 1. The summed E-state index contributed by atoms with van der Waals surface area (Å²) in [5, 5.41) is 0. The van der Waals surface area contributed by atoms with Gasteiger partial charge in [0.15, 0.2) is 0 Å². The lowest BCUT2D eigenvalue weighted by Gasteiger charge is -2.41.